The van der Waals surface area contributed by atoms with E-state index in [4.69, 9.17) is 9.84 Å². The molecule has 2 nitrogen and oxygen atoms in total. The Hall–Kier alpha value is -0.0800. The fraction of sp³-hybridized carbons (Fsp3) is 1.00. The van der Waals surface area contributed by atoms with Crippen LogP contribution in [0.5, 0.6) is 0 Å². The van der Waals surface area contributed by atoms with Gasteiger partial charge in [0.15, 0.2) is 6.29 Å². The predicted molar refractivity (Wildman–Crippen MR) is 32.5 cm³/mol. The second-order valence-corrected chi connectivity index (χ2v) is 1.82. The zero-order valence-electron chi connectivity index (χ0n) is 5.55. The van der Waals surface area contributed by atoms with Gasteiger partial charge in [0, 0.05) is 6.61 Å². The third-order valence-corrected chi connectivity index (χ3v) is 0.857. The van der Waals surface area contributed by atoms with Crippen LogP contribution < -0.4 is 0 Å². The van der Waals surface area contributed by atoms with Crippen LogP contribution in [-0.4, -0.2) is 18.0 Å². The summed E-state index contributed by atoms with van der Waals surface area (Å²) in [6, 6.07) is 0. The van der Waals surface area contributed by atoms with Crippen molar-refractivity contribution in [2.75, 3.05) is 6.61 Å². The summed E-state index contributed by atoms with van der Waals surface area (Å²) in [6.07, 6.45) is 1.55. The van der Waals surface area contributed by atoms with Crippen LogP contribution in [0.3, 0.4) is 0 Å². The summed E-state index contributed by atoms with van der Waals surface area (Å²) in [6.45, 7) is 4.38. The fourth-order valence-corrected chi connectivity index (χ4v) is 0.398. The topological polar surface area (TPSA) is 29.5 Å². The molecule has 0 amide bonds. The van der Waals surface area contributed by atoms with Gasteiger partial charge in [-0.2, -0.15) is 0 Å². The number of aliphatic hydroxyl groups is 1. The lowest BCUT2D eigenvalue weighted by atomic mass is 10.4. The molecule has 0 unspecified atom stereocenters. The smallest absolute Gasteiger partial charge is 0.151 e. The Kier molecular flexibility index (Phi) is 5.01. The maximum Gasteiger partial charge on any atom is 0.151 e. The summed E-state index contributed by atoms with van der Waals surface area (Å²) in [5, 5.41) is 8.56. The largest absolute Gasteiger partial charge is 0.368 e. The van der Waals surface area contributed by atoms with Crippen molar-refractivity contribution < 1.29 is 9.84 Å². The summed E-state index contributed by atoms with van der Waals surface area (Å²) >= 11 is 0. The molecule has 0 saturated heterocycles. The number of rotatable bonds is 4. The molecule has 0 radical (unpaired) electrons. The van der Waals surface area contributed by atoms with Gasteiger partial charge in [0.05, 0.1) is 0 Å². The highest BCUT2D eigenvalue weighted by Crippen LogP contribution is 1.90. The number of aliphatic hydroxyl groups excluding tert-OH is 1. The second kappa shape index (κ2) is 5.06. The number of hydrogen-bond acceptors (Lipinski definition) is 2. The number of unbranched alkanes of at least 4 members (excludes halogenated alkanes) is 1. The zero-order chi connectivity index (χ0) is 6.41. The Morgan fingerprint density at radius 2 is 2.25 bits per heavy atom. The molecule has 0 heterocycles. The van der Waals surface area contributed by atoms with Gasteiger partial charge in [-0.1, -0.05) is 13.3 Å². The molecule has 8 heavy (non-hydrogen) atoms. The fourth-order valence-electron chi connectivity index (χ4n) is 0.398. The summed E-state index contributed by atoms with van der Waals surface area (Å²) in [5.74, 6) is 0. The molecule has 0 aromatic rings. The molecule has 0 fully saturated rings. The summed E-state index contributed by atoms with van der Waals surface area (Å²) < 4.78 is 4.84. The van der Waals surface area contributed by atoms with Crippen LogP contribution in [0.1, 0.15) is 26.7 Å². The van der Waals surface area contributed by atoms with Crippen molar-refractivity contribution in [3.05, 3.63) is 0 Å². The van der Waals surface area contributed by atoms with E-state index in [2.05, 4.69) is 6.92 Å². The minimum Gasteiger partial charge on any atom is -0.368 e. The van der Waals surface area contributed by atoms with Crippen molar-refractivity contribution >= 4 is 0 Å². The minimum absolute atomic E-state index is 0.596. The van der Waals surface area contributed by atoms with Gasteiger partial charge in [0.1, 0.15) is 0 Å². The first-order valence-corrected chi connectivity index (χ1v) is 3.07. The van der Waals surface area contributed by atoms with Gasteiger partial charge in [-0.25, -0.2) is 0 Å². The van der Waals surface area contributed by atoms with E-state index in [1.165, 1.54) is 0 Å². The molecule has 0 aliphatic rings. The average molecular weight is 118 g/mol. The van der Waals surface area contributed by atoms with Crippen LogP contribution in [0.2, 0.25) is 0 Å². The molecule has 0 aliphatic carbocycles. The standard InChI is InChI=1S/C6H14O2/c1-3-4-5-8-6(2)7/h6-7H,3-5H2,1-2H3/t6-/m0/s1. The Labute approximate surface area is 50.5 Å². The summed E-state index contributed by atoms with van der Waals surface area (Å²) in [7, 11) is 0. The van der Waals surface area contributed by atoms with Gasteiger partial charge in [-0.3, -0.25) is 0 Å². The number of ether oxygens (including phenoxy) is 1. The van der Waals surface area contributed by atoms with Crippen molar-refractivity contribution in [2.24, 2.45) is 0 Å². The molecule has 0 saturated carbocycles. The molecule has 0 aliphatic heterocycles. The van der Waals surface area contributed by atoms with Crippen molar-refractivity contribution in [2.45, 2.75) is 33.0 Å². The van der Waals surface area contributed by atoms with Gasteiger partial charge >= 0.3 is 0 Å². The molecular weight excluding hydrogens is 104 g/mol. The summed E-state index contributed by atoms with van der Waals surface area (Å²) in [4.78, 5) is 0. The van der Waals surface area contributed by atoms with E-state index in [0.717, 1.165) is 12.8 Å². The maximum atomic E-state index is 8.56. The predicted octanol–water partition coefficient (Wildman–Crippen LogP) is 1.14. The first kappa shape index (κ1) is 7.92. The van der Waals surface area contributed by atoms with Crippen LogP contribution in [0.4, 0.5) is 0 Å². The molecular formula is C6H14O2. The van der Waals surface area contributed by atoms with Crippen LogP contribution in [0.15, 0.2) is 0 Å². The lowest BCUT2D eigenvalue weighted by Gasteiger charge is -2.03. The van der Waals surface area contributed by atoms with Crippen LogP contribution in [-0.2, 0) is 4.74 Å². The molecule has 2 heteroatoms. The van der Waals surface area contributed by atoms with Gasteiger partial charge < -0.3 is 9.84 Å². The van der Waals surface area contributed by atoms with E-state index in [-0.39, 0.29) is 0 Å². The van der Waals surface area contributed by atoms with E-state index in [1.807, 2.05) is 0 Å². The average Bonchev–Trinajstić information content (AvgIpc) is 1.66. The third-order valence-electron chi connectivity index (χ3n) is 0.857. The van der Waals surface area contributed by atoms with E-state index in [0.29, 0.717) is 6.61 Å². The van der Waals surface area contributed by atoms with E-state index in [1.54, 1.807) is 6.92 Å². The molecule has 50 valence electrons. The molecule has 0 spiro atoms. The Balaban J connectivity index is 2.72. The third kappa shape index (κ3) is 5.92. The second-order valence-electron chi connectivity index (χ2n) is 1.82. The zero-order valence-corrected chi connectivity index (χ0v) is 5.55. The Morgan fingerprint density at radius 3 is 2.62 bits per heavy atom. The molecule has 0 aromatic carbocycles. The lowest BCUT2D eigenvalue weighted by molar-refractivity contribution is -0.0856. The van der Waals surface area contributed by atoms with Gasteiger partial charge in [-0.05, 0) is 13.3 Å². The Morgan fingerprint density at radius 1 is 1.62 bits per heavy atom. The van der Waals surface area contributed by atoms with Crippen molar-refractivity contribution in [3.8, 4) is 0 Å². The van der Waals surface area contributed by atoms with Crippen molar-refractivity contribution in [3.63, 3.8) is 0 Å². The molecule has 0 bridgehead atoms. The number of hydrogen-bond donors (Lipinski definition) is 1. The molecule has 1 N–H and O–H groups in total. The quantitative estimate of drug-likeness (QED) is 0.443. The van der Waals surface area contributed by atoms with Crippen LogP contribution in [0.25, 0.3) is 0 Å². The van der Waals surface area contributed by atoms with E-state index < -0.39 is 6.29 Å². The molecule has 1 atom stereocenters. The van der Waals surface area contributed by atoms with E-state index >= 15 is 0 Å². The first-order chi connectivity index (χ1) is 3.77. The normalized spacial score (nSPS) is 13.9. The lowest BCUT2D eigenvalue weighted by Crippen LogP contribution is -2.06. The van der Waals surface area contributed by atoms with Crippen molar-refractivity contribution in [1.82, 2.24) is 0 Å². The maximum absolute atomic E-state index is 8.56. The highest BCUT2D eigenvalue weighted by atomic mass is 16.6. The molecule has 0 rings (SSSR count). The molecule has 0 aromatic heterocycles. The van der Waals surface area contributed by atoms with Gasteiger partial charge in [-0.15, -0.1) is 0 Å². The summed E-state index contributed by atoms with van der Waals surface area (Å²) in [5.41, 5.74) is 0. The van der Waals surface area contributed by atoms with Gasteiger partial charge in [0.25, 0.3) is 0 Å². The highest BCUT2D eigenvalue weighted by molar-refractivity contribution is 4.31. The van der Waals surface area contributed by atoms with Gasteiger partial charge in [0.2, 0.25) is 0 Å². The van der Waals surface area contributed by atoms with Crippen LogP contribution in [0, 0.1) is 0 Å². The minimum atomic E-state index is -0.596. The first-order valence-electron chi connectivity index (χ1n) is 3.07. The highest BCUT2D eigenvalue weighted by Gasteiger charge is 1.90. The SMILES string of the molecule is CCCCO[C@@H](C)O. The Bertz CT molecular complexity index is 43.8. The van der Waals surface area contributed by atoms with Crippen LogP contribution >= 0.6 is 0 Å². The van der Waals surface area contributed by atoms with E-state index in [9.17, 15) is 0 Å². The van der Waals surface area contributed by atoms with Crippen molar-refractivity contribution in [1.29, 1.82) is 0 Å². The monoisotopic (exact) mass is 118 g/mol.